The second-order valence-corrected chi connectivity index (χ2v) is 5.41. The fourth-order valence-electron chi connectivity index (χ4n) is 2.07. The van der Waals surface area contributed by atoms with Crippen molar-refractivity contribution in [2.75, 3.05) is 0 Å². The van der Waals surface area contributed by atoms with E-state index in [1.54, 1.807) is 17.0 Å². The molecule has 2 N–H and O–H groups in total. The van der Waals surface area contributed by atoms with Crippen LogP contribution in [0, 0.1) is 5.41 Å². The van der Waals surface area contributed by atoms with Crippen molar-refractivity contribution >= 4 is 12.0 Å². The number of hydrogen-bond acceptors (Lipinski definition) is 3. The lowest BCUT2D eigenvalue weighted by atomic mass is 9.64. The fourth-order valence-corrected chi connectivity index (χ4v) is 2.07. The van der Waals surface area contributed by atoms with Crippen LogP contribution in [0.25, 0.3) is 6.08 Å². The molecular formula is C13H19N3O2. The molecule has 0 aliphatic heterocycles. The Morgan fingerprint density at radius 2 is 2.39 bits per heavy atom. The number of nitrogens with one attached hydrogen (secondary N) is 1. The van der Waals surface area contributed by atoms with Gasteiger partial charge in [0.1, 0.15) is 0 Å². The number of carbonyl (C=O) groups is 1. The van der Waals surface area contributed by atoms with Crippen molar-refractivity contribution in [2.24, 2.45) is 12.5 Å². The van der Waals surface area contributed by atoms with Gasteiger partial charge in [-0.15, -0.1) is 0 Å². The van der Waals surface area contributed by atoms with Crippen molar-refractivity contribution in [2.45, 2.75) is 32.4 Å². The number of aliphatic hydroxyl groups is 1. The van der Waals surface area contributed by atoms with Crippen molar-refractivity contribution in [1.29, 1.82) is 0 Å². The normalized spacial score (nSPS) is 26.0. The maximum Gasteiger partial charge on any atom is 0.244 e. The summed E-state index contributed by atoms with van der Waals surface area (Å²) in [5.74, 6) is -0.135. The minimum Gasteiger partial charge on any atom is -0.392 e. The number of hydrogen-bond donors (Lipinski definition) is 2. The molecule has 18 heavy (non-hydrogen) atoms. The van der Waals surface area contributed by atoms with Crippen LogP contribution in [0.2, 0.25) is 0 Å². The van der Waals surface area contributed by atoms with Gasteiger partial charge < -0.3 is 10.4 Å². The molecule has 1 aliphatic rings. The smallest absolute Gasteiger partial charge is 0.244 e. The Morgan fingerprint density at radius 3 is 2.89 bits per heavy atom. The maximum atomic E-state index is 11.7. The first kappa shape index (κ1) is 12.8. The van der Waals surface area contributed by atoms with Gasteiger partial charge in [-0.1, -0.05) is 13.8 Å². The van der Waals surface area contributed by atoms with E-state index in [0.717, 1.165) is 5.56 Å². The lowest BCUT2D eigenvalue weighted by molar-refractivity contribution is -0.124. The Hall–Kier alpha value is -1.62. The third-order valence-electron chi connectivity index (χ3n) is 3.68. The number of nitrogens with zero attached hydrogens (tertiary/aromatic N) is 2. The van der Waals surface area contributed by atoms with E-state index in [4.69, 9.17) is 0 Å². The van der Waals surface area contributed by atoms with Gasteiger partial charge in [-0.05, 0) is 12.5 Å². The summed E-state index contributed by atoms with van der Waals surface area (Å²) in [4.78, 5) is 11.7. The van der Waals surface area contributed by atoms with Gasteiger partial charge in [-0.3, -0.25) is 9.48 Å². The average Bonchev–Trinajstić information content (AvgIpc) is 2.72. The molecule has 1 fully saturated rings. The Balaban J connectivity index is 1.88. The van der Waals surface area contributed by atoms with Crippen LogP contribution < -0.4 is 5.32 Å². The van der Waals surface area contributed by atoms with Crippen LogP contribution in [0.5, 0.6) is 0 Å². The SMILES string of the molecule is Cn1cc(/C=C/C(=O)NC2CC(O)C2(C)C)cn1. The quantitative estimate of drug-likeness (QED) is 0.775. The molecule has 1 heterocycles. The van der Waals surface area contributed by atoms with Gasteiger partial charge in [0.25, 0.3) is 0 Å². The highest BCUT2D eigenvalue weighted by Gasteiger charge is 2.47. The van der Waals surface area contributed by atoms with E-state index in [2.05, 4.69) is 10.4 Å². The Morgan fingerprint density at radius 1 is 1.67 bits per heavy atom. The van der Waals surface area contributed by atoms with Crippen LogP contribution in [-0.4, -0.2) is 32.9 Å². The minimum absolute atomic E-state index is 0.0403. The van der Waals surface area contributed by atoms with E-state index in [1.165, 1.54) is 6.08 Å². The molecule has 0 spiro atoms. The molecule has 5 nitrogen and oxygen atoms in total. The molecular weight excluding hydrogens is 230 g/mol. The summed E-state index contributed by atoms with van der Waals surface area (Å²) in [5.41, 5.74) is 0.651. The Bertz CT molecular complexity index is 476. The minimum atomic E-state index is -0.329. The van der Waals surface area contributed by atoms with Crippen LogP contribution in [0.3, 0.4) is 0 Å². The second kappa shape index (κ2) is 4.57. The van der Waals surface area contributed by atoms with Gasteiger partial charge in [-0.2, -0.15) is 5.10 Å². The van der Waals surface area contributed by atoms with Crippen molar-refractivity contribution in [3.63, 3.8) is 0 Å². The predicted octanol–water partition coefficient (Wildman–Crippen LogP) is 0.709. The monoisotopic (exact) mass is 249 g/mol. The summed E-state index contributed by atoms with van der Waals surface area (Å²) in [5, 5.41) is 16.5. The molecule has 0 radical (unpaired) electrons. The number of aromatic nitrogens is 2. The summed E-state index contributed by atoms with van der Waals surface area (Å²) in [7, 11) is 1.83. The molecule has 0 aromatic carbocycles. The molecule has 1 saturated carbocycles. The zero-order valence-electron chi connectivity index (χ0n) is 10.9. The Kier molecular flexibility index (Phi) is 3.26. The van der Waals surface area contributed by atoms with Crippen LogP contribution in [-0.2, 0) is 11.8 Å². The molecule has 1 amide bonds. The topological polar surface area (TPSA) is 67.2 Å². The van der Waals surface area contributed by atoms with Gasteiger partial charge in [0.15, 0.2) is 0 Å². The zero-order valence-corrected chi connectivity index (χ0v) is 10.9. The van der Waals surface area contributed by atoms with E-state index in [0.29, 0.717) is 6.42 Å². The molecule has 1 aromatic rings. The number of rotatable bonds is 3. The third-order valence-corrected chi connectivity index (χ3v) is 3.68. The van der Waals surface area contributed by atoms with Gasteiger partial charge in [0.05, 0.1) is 12.3 Å². The van der Waals surface area contributed by atoms with Gasteiger partial charge in [0.2, 0.25) is 5.91 Å². The molecule has 1 aliphatic carbocycles. The van der Waals surface area contributed by atoms with E-state index < -0.39 is 0 Å². The lowest BCUT2D eigenvalue weighted by Crippen LogP contribution is -2.60. The van der Waals surface area contributed by atoms with E-state index >= 15 is 0 Å². The second-order valence-electron chi connectivity index (χ2n) is 5.41. The molecule has 2 atom stereocenters. The van der Waals surface area contributed by atoms with Crippen molar-refractivity contribution in [3.8, 4) is 0 Å². The molecule has 0 bridgehead atoms. The number of aliphatic hydroxyl groups excluding tert-OH is 1. The summed E-state index contributed by atoms with van der Waals surface area (Å²) >= 11 is 0. The van der Waals surface area contributed by atoms with Crippen LogP contribution in [0.4, 0.5) is 0 Å². The lowest BCUT2D eigenvalue weighted by Gasteiger charge is -2.49. The first-order valence-corrected chi connectivity index (χ1v) is 6.05. The highest BCUT2D eigenvalue weighted by molar-refractivity contribution is 5.91. The number of aryl methyl sites for hydroxylation is 1. The number of carbonyl (C=O) groups excluding carboxylic acids is 1. The molecule has 1 aromatic heterocycles. The van der Waals surface area contributed by atoms with E-state index in [-0.39, 0.29) is 23.5 Å². The third kappa shape index (κ3) is 2.46. The summed E-state index contributed by atoms with van der Waals surface area (Å²) in [6.45, 7) is 3.91. The van der Waals surface area contributed by atoms with Crippen LogP contribution >= 0.6 is 0 Å². The largest absolute Gasteiger partial charge is 0.392 e. The predicted molar refractivity (Wildman–Crippen MR) is 68.6 cm³/mol. The van der Waals surface area contributed by atoms with Crippen molar-refractivity contribution < 1.29 is 9.90 Å². The summed E-state index contributed by atoms with van der Waals surface area (Å²) in [6.07, 6.45) is 7.05. The van der Waals surface area contributed by atoms with Gasteiger partial charge >= 0.3 is 0 Å². The first-order chi connectivity index (χ1) is 8.39. The maximum absolute atomic E-state index is 11.7. The molecule has 98 valence electrons. The fraction of sp³-hybridized carbons (Fsp3) is 0.538. The number of amides is 1. The standard InChI is InChI=1S/C13H19N3O2/c1-13(2)10(6-11(13)17)15-12(18)5-4-9-7-14-16(3)8-9/h4-5,7-8,10-11,17H,6H2,1-3H3,(H,15,18)/b5-4+. The zero-order chi connectivity index (χ0) is 13.3. The van der Waals surface area contributed by atoms with Crippen LogP contribution in [0.15, 0.2) is 18.5 Å². The van der Waals surface area contributed by atoms with Crippen LogP contribution in [0.1, 0.15) is 25.8 Å². The summed E-state index contributed by atoms with van der Waals surface area (Å²) < 4.78 is 1.68. The van der Waals surface area contributed by atoms with E-state index in [1.807, 2.05) is 27.1 Å². The molecule has 0 saturated heterocycles. The molecule has 2 unspecified atom stereocenters. The molecule has 5 heteroatoms. The average molecular weight is 249 g/mol. The van der Waals surface area contributed by atoms with Crippen molar-refractivity contribution in [3.05, 3.63) is 24.0 Å². The Labute approximate surface area is 106 Å². The van der Waals surface area contributed by atoms with Crippen molar-refractivity contribution in [1.82, 2.24) is 15.1 Å². The highest BCUT2D eigenvalue weighted by Crippen LogP contribution is 2.40. The first-order valence-electron chi connectivity index (χ1n) is 6.05. The van der Waals surface area contributed by atoms with E-state index in [9.17, 15) is 9.90 Å². The summed E-state index contributed by atoms with van der Waals surface area (Å²) in [6, 6.07) is 0.0403. The van der Waals surface area contributed by atoms with Gasteiger partial charge in [-0.25, -0.2) is 0 Å². The highest BCUT2D eigenvalue weighted by atomic mass is 16.3. The molecule has 2 rings (SSSR count). The van der Waals surface area contributed by atoms with Gasteiger partial charge in [0, 0.05) is 36.3 Å².